The van der Waals surface area contributed by atoms with Crippen LogP contribution in [0, 0.1) is 68.2 Å². The Hall–Kier alpha value is -13.2. The molecular weight excluding hydrogens is 2550 g/mol. The zero-order valence-corrected chi connectivity index (χ0v) is 84.4. The molecule has 1 aliphatic heterocycles. The average Bonchev–Trinajstić information content (AvgIpc) is 1.57. The third-order valence-corrected chi connectivity index (χ3v) is 20.9. The van der Waals surface area contributed by atoms with Gasteiger partial charge in [-0.05, 0) is 151 Å². The third kappa shape index (κ3) is 27.5. The van der Waals surface area contributed by atoms with E-state index in [-0.39, 0.29) is 112 Å². The van der Waals surface area contributed by atoms with E-state index in [9.17, 15) is 17.6 Å². The van der Waals surface area contributed by atoms with Crippen LogP contribution in [0.25, 0.3) is 122 Å². The number of hydrogen-bond acceptors (Lipinski definition) is 8. The SMILES string of the molecule is CC1(c2ccccc2)C(c2[c-]cc3ccccc3c2)=Nc2ccccc21.Cc1ccc(-c2[c-]cccc2)nc1.Cc1ccnc(-c2[c-]cccc2)c1.Fc1c[c-]c(-c2cc(C(F)(F)F)ccn2)cc1.[Ir].[Ir].[Ir].[Ir].[Ir].[c-]1ccccc1-c1ccccn1.[c-]1ccccc1-c1nccc2ccccc12.[c-]1ccccc1-c1nccc2ccccc12.[c-]1ccccc1-c1nccc2ccccc12. The molecule has 1 atom stereocenters. The second kappa shape index (κ2) is 51.7. The fourth-order valence-corrected chi connectivity index (χ4v) is 14.4. The molecule has 17 heteroatoms. The van der Waals surface area contributed by atoms with Gasteiger partial charge in [0.25, 0.3) is 0 Å². The molecule has 0 N–H and O–H groups in total. The van der Waals surface area contributed by atoms with Gasteiger partial charge in [-0.15, -0.1) is 274 Å². The van der Waals surface area contributed by atoms with Crippen molar-refractivity contribution < 1.29 is 118 Å². The van der Waals surface area contributed by atoms with E-state index in [2.05, 4.69) is 237 Å². The normalized spacial score (nSPS) is 11.6. The number of aromatic nitrogens is 7. The quantitative estimate of drug-likeness (QED) is 0.105. The van der Waals surface area contributed by atoms with Crippen molar-refractivity contribution in [2.75, 3.05) is 0 Å². The van der Waals surface area contributed by atoms with Crippen LogP contribution < -0.4 is 0 Å². The number of halogens is 4. The summed E-state index contributed by atoms with van der Waals surface area (Å²) in [4.78, 5) is 35.0. The molecule has 0 amide bonds. The summed E-state index contributed by atoms with van der Waals surface area (Å²) in [5.41, 5.74) is 19.6. The maximum Gasteiger partial charge on any atom is 0.415 e. The first kappa shape index (κ1) is 103. The Balaban J connectivity index is 0.000000160. The van der Waals surface area contributed by atoms with Crippen LogP contribution in [0.15, 0.2) is 449 Å². The molecule has 1 unspecified atom stereocenters. The van der Waals surface area contributed by atoms with Gasteiger partial charge in [0.15, 0.2) is 0 Å². The van der Waals surface area contributed by atoms with E-state index in [0.29, 0.717) is 5.56 Å². The molecule has 0 bridgehead atoms. The van der Waals surface area contributed by atoms with Gasteiger partial charge in [-0.25, -0.2) is 0 Å². The van der Waals surface area contributed by atoms with E-state index >= 15 is 0 Å². The minimum atomic E-state index is -4.42. The van der Waals surface area contributed by atoms with Crippen LogP contribution in [-0.4, -0.2) is 40.6 Å². The first-order chi connectivity index (χ1) is 63.3. The van der Waals surface area contributed by atoms with E-state index < -0.39 is 17.6 Å². The minimum Gasteiger partial charge on any atom is -0.305 e. The summed E-state index contributed by atoms with van der Waals surface area (Å²) in [6, 6.07) is 154. The number of aryl methyl sites for hydroxylation is 2. The van der Waals surface area contributed by atoms with E-state index in [0.717, 1.165) is 115 Å². The van der Waals surface area contributed by atoms with Crippen molar-refractivity contribution in [3.63, 3.8) is 0 Å². The molecular formula is C117H82F4Ir5N8-8. The summed E-state index contributed by atoms with van der Waals surface area (Å²) in [5, 5.41) is 9.58. The number of pyridine rings is 7. The Bertz CT molecular complexity index is 6870. The van der Waals surface area contributed by atoms with Gasteiger partial charge in [0.05, 0.1) is 5.69 Å². The van der Waals surface area contributed by atoms with Gasteiger partial charge >= 0.3 is 6.18 Å². The Morgan fingerprint density at radius 2 is 0.672 bits per heavy atom. The zero-order valence-electron chi connectivity index (χ0n) is 72.4. The van der Waals surface area contributed by atoms with Crippen LogP contribution in [0.4, 0.5) is 23.2 Å². The van der Waals surface area contributed by atoms with Crippen LogP contribution in [-0.2, 0) is 112 Å². The molecule has 14 aromatic carbocycles. The molecule has 671 valence electrons. The Morgan fingerprint density at radius 3 is 1.12 bits per heavy atom. The van der Waals surface area contributed by atoms with E-state index in [4.69, 9.17) is 4.99 Å². The molecule has 8 nitrogen and oxygen atoms in total. The fourth-order valence-electron chi connectivity index (χ4n) is 14.4. The summed E-state index contributed by atoms with van der Waals surface area (Å²) in [6.07, 6.45) is 7.67. The second-order valence-electron chi connectivity index (χ2n) is 29.7. The molecule has 0 spiro atoms. The standard InChI is InChI=1S/C25H18N.3C15H10N.C12H6F4N.2C12H10N.C11H8N.5Ir/c1-25(21-11-3-2-4-12-21)22-13-7-8-14-23(22)26-24(25)20-16-15-18-9-5-6-10-19(18)17-20;3*1-2-7-13(8-3-1)15-14-9-5-4-6-12(14)10-11-16-15;13-10-3-1-8(2-4-10)11-7-9(5-6-17-11)12(14,15)16;1-10-7-8-13-12(9-10)11-5-3-2-4-6-11;1-10-7-8-12(13-9-10)11-5-3-2-4-6-11;1-2-6-10(7-3-1)11-8-4-5-9-12-11;;;;;/h2-15,17H,1H3;3*1-7,9-11H;1,3-7H;2*2-5,7-9H,1H3;1-6,8-9H;;;;;/q8*-1;;;;;. The molecule has 0 saturated heterocycles. The van der Waals surface area contributed by atoms with Crippen molar-refractivity contribution in [1.82, 2.24) is 34.9 Å². The zero-order chi connectivity index (χ0) is 88.8. The van der Waals surface area contributed by atoms with Crippen LogP contribution in [0.2, 0.25) is 0 Å². The van der Waals surface area contributed by atoms with Gasteiger partial charge in [0, 0.05) is 161 Å². The molecule has 134 heavy (non-hydrogen) atoms. The first-order valence-electron chi connectivity index (χ1n) is 41.7. The topological polar surface area (TPSA) is 103 Å². The van der Waals surface area contributed by atoms with Crippen LogP contribution in [0.3, 0.4) is 0 Å². The molecule has 0 saturated carbocycles. The maximum atomic E-state index is 12.6. The first-order valence-corrected chi connectivity index (χ1v) is 41.7. The van der Waals surface area contributed by atoms with Crippen LogP contribution in [0.5, 0.6) is 0 Å². The molecule has 22 rings (SSSR count). The molecule has 1 aliphatic rings. The predicted octanol–water partition coefficient (Wildman–Crippen LogP) is 29.1. The van der Waals surface area contributed by atoms with Crippen LogP contribution in [0.1, 0.15) is 40.3 Å². The van der Waals surface area contributed by atoms with Gasteiger partial charge in [-0.3, -0.25) is 9.38 Å². The van der Waals surface area contributed by atoms with Gasteiger partial charge in [-0.2, -0.15) is 13.2 Å². The van der Waals surface area contributed by atoms with Crippen molar-refractivity contribution in [3.8, 4) is 78.8 Å². The molecule has 21 aromatic rings. The summed E-state index contributed by atoms with van der Waals surface area (Å²) in [6.45, 7) is 6.37. The van der Waals surface area contributed by atoms with Crippen molar-refractivity contribution in [3.05, 3.63) is 531 Å². The van der Waals surface area contributed by atoms with Gasteiger partial charge in [0.1, 0.15) is 0 Å². The number of rotatable bonds is 9. The monoisotopic (exact) mass is 2640 g/mol. The number of aliphatic imine (C=N–C) groups is 1. The average molecular weight is 2640 g/mol. The number of para-hydroxylation sites is 1. The van der Waals surface area contributed by atoms with Crippen LogP contribution >= 0.6 is 0 Å². The number of nitrogens with zero attached hydrogens (tertiary/aromatic N) is 8. The summed E-state index contributed by atoms with van der Waals surface area (Å²) >= 11 is 0. The van der Waals surface area contributed by atoms with E-state index in [1.165, 1.54) is 71.4 Å². The van der Waals surface area contributed by atoms with Gasteiger partial charge in [0.2, 0.25) is 0 Å². The number of alkyl halides is 3. The summed E-state index contributed by atoms with van der Waals surface area (Å²) < 4.78 is 50.0. The van der Waals surface area contributed by atoms with Crippen molar-refractivity contribution in [2.45, 2.75) is 32.4 Å². The van der Waals surface area contributed by atoms with Crippen molar-refractivity contribution in [2.24, 2.45) is 4.99 Å². The Labute approximate surface area is 847 Å². The molecule has 0 fully saturated rings. The van der Waals surface area contributed by atoms with Crippen molar-refractivity contribution in [1.29, 1.82) is 0 Å². The van der Waals surface area contributed by atoms with Gasteiger partial charge in [-0.1, -0.05) is 200 Å². The van der Waals surface area contributed by atoms with E-state index in [1.807, 2.05) is 268 Å². The third-order valence-electron chi connectivity index (χ3n) is 20.9. The summed E-state index contributed by atoms with van der Waals surface area (Å²) in [7, 11) is 0. The second-order valence-corrected chi connectivity index (χ2v) is 29.7. The molecule has 7 aromatic heterocycles. The van der Waals surface area contributed by atoms with Crippen molar-refractivity contribution >= 4 is 54.5 Å². The largest absolute Gasteiger partial charge is 0.415 e. The number of fused-ring (bicyclic) bond motifs is 5. The Morgan fingerprint density at radius 1 is 0.276 bits per heavy atom. The maximum absolute atomic E-state index is 12.6. The predicted molar refractivity (Wildman–Crippen MR) is 515 cm³/mol. The smallest absolute Gasteiger partial charge is 0.305 e. The van der Waals surface area contributed by atoms with Gasteiger partial charge < -0.3 is 34.9 Å². The Kier molecular flexibility index (Phi) is 39.7. The van der Waals surface area contributed by atoms with E-state index in [1.54, 1.807) is 6.20 Å². The summed E-state index contributed by atoms with van der Waals surface area (Å²) in [5.74, 6) is -0.499. The molecule has 5 radical (unpaired) electrons. The number of benzene rings is 14. The fraction of sp³-hybridized carbons (Fsp3) is 0.0427. The molecule has 8 heterocycles. The number of hydrogen-bond donors (Lipinski definition) is 0. The molecule has 0 aliphatic carbocycles. The minimum absolute atomic E-state index is 0.